The van der Waals surface area contributed by atoms with Gasteiger partial charge in [0, 0.05) is 45.4 Å². The van der Waals surface area contributed by atoms with E-state index < -0.39 is 11.5 Å². The highest BCUT2D eigenvalue weighted by atomic mass is 35.5. The molecule has 0 bridgehead atoms. The van der Waals surface area contributed by atoms with E-state index in [9.17, 15) is 5.11 Å². The van der Waals surface area contributed by atoms with Gasteiger partial charge in [0.15, 0.2) is 0 Å². The predicted molar refractivity (Wildman–Crippen MR) is 166 cm³/mol. The summed E-state index contributed by atoms with van der Waals surface area (Å²) in [6.45, 7) is 0.668. The Balaban J connectivity index is 1.81. The highest BCUT2D eigenvalue weighted by Gasteiger charge is 2.43. The molecule has 0 aliphatic rings. The summed E-state index contributed by atoms with van der Waals surface area (Å²) in [4.78, 5) is 6.81. The molecule has 0 amide bonds. The van der Waals surface area contributed by atoms with E-state index in [4.69, 9.17) is 32.9 Å². The number of halogens is 2. The van der Waals surface area contributed by atoms with Crippen LogP contribution >= 0.6 is 23.2 Å². The zero-order valence-corrected chi connectivity index (χ0v) is 24.3. The molecule has 0 saturated heterocycles. The fourth-order valence-electron chi connectivity index (χ4n) is 5.51. The first-order valence-electron chi connectivity index (χ1n) is 13.2. The number of methoxy groups -OCH3 is 1. The van der Waals surface area contributed by atoms with Crippen LogP contribution in [0.15, 0.2) is 103 Å². The fourth-order valence-corrected chi connectivity index (χ4v) is 6.02. The predicted octanol–water partition coefficient (Wildman–Crippen LogP) is 8.19. The van der Waals surface area contributed by atoms with Gasteiger partial charge in [0.05, 0.1) is 7.11 Å². The molecule has 1 heterocycles. The molecule has 6 heteroatoms. The van der Waals surface area contributed by atoms with Gasteiger partial charge in [-0.1, -0.05) is 102 Å². The van der Waals surface area contributed by atoms with Crippen molar-refractivity contribution in [1.29, 1.82) is 0 Å². The van der Waals surface area contributed by atoms with Crippen molar-refractivity contribution in [2.24, 2.45) is 0 Å². The highest BCUT2D eigenvalue weighted by molar-refractivity contribution is 6.36. The molecule has 1 aromatic heterocycles. The molecular formula is C34H32Cl2N2O2. The first-order valence-corrected chi connectivity index (χ1v) is 14.0. The lowest BCUT2D eigenvalue weighted by Gasteiger charge is -2.39. The van der Waals surface area contributed by atoms with Gasteiger partial charge in [-0.05, 0) is 60.6 Å². The number of hydrogen-bond donors (Lipinski definition) is 1. The summed E-state index contributed by atoms with van der Waals surface area (Å²) in [6.07, 6.45) is 2.22. The van der Waals surface area contributed by atoms with Gasteiger partial charge in [0.1, 0.15) is 5.60 Å². The first kappa shape index (κ1) is 28.1. The van der Waals surface area contributed by atoms with E-state index in [0.29, 0.717) is 28.9 Å². The Morgan fingerprint density at radius 3 is 2.35 bits per heavy atom. The van der Waals surface area contributed by atoms with Crippen molar-refractivity contribution in [1.82, 2.24) is 9.88 Å². The average molecular weight is 572 g/mol. The summed E-state index contributed by atoms with van der Waals surface area (Å²) >= 11 is 12.8. The van der Waals surface area contributed by atoms with Gasteiger partial charge in [-0.25, -0.2) is 4.98 Å². The van der Waals surface area contributed by atoms with Gasteiger partial charge in [0.2, 0.25) is 5.88 Å². The lowest BCUT2D eigenvalue weighted by molar-refractivity contribution is 0.00517. The standard InChI is InChI=1S/C34H32Cl2N2O2/c1-38(2)19-18-34(39,30-15-9-13-23-10-7-8-14-27(23)30)32(24-11-5-4-6-12-24)29-20-25(22-37-33(29)40-3)28-17-16-26(35)21-31(28)36/h4-17,20-22,32,39H,18-19H2,1-3H3. The van der Waals surface area contributed by atoms with Gasteiger partial charge in [-0.2, -0.15) is 0 Å². The van der Waals surface area contributed by atoms with Crippen molar-refractivity contribution >= 4 is 34.0 Å². The molecular weight excluding hydrogens is 539 g/mol. The molecule has 1 N–H and O–H groups in total. The van der Waals surface area contributed by atoms with Crippen molar-refractivity contribution in [2.45, 2.75) is 17.9 Å². The van der Waals surface area contributed by atoms with E-state index in [1.165, 1.54) is 0 Å². The molecule has 40 heavy (non-hydrogen) atoms. The average Bonchev–Trinajstić information content (AvgIpc) is 2.96. The third-order valence-electron chi connectivity index (χ3n) is 7.43. The van der Waals surface area contributed by atoms with Gasteiger partial charge >= 0.3 is 0 Å². The van der Waals surface area contributed by atoms with Crippen LogP contribution in [0.2, 0.25) is 10.0 Å². The number of fused-ring (bicyclic) bond motifs is 1. The Morgan fingerprint density at radius 1 is 0.900 bits per heavy atom. The monoisotopic (exact) mass is 570 g/mol. The van der Waals surface area contributed by atoms with Crippen molar-refractivity contribution in [2.75, 3.05) is 27.7 Å². The smallest absolute Gasteiger partial charge is 0.217 e. The maximum Gasteiger partial charge on any atom is 0.217 e. The summed E-state index contributed by atoms with van der Waals surface area (Å²) in [7, 11) is 5.65. The molecule has 0 saturated carbocycles. The minimum Gasteiger partial charge on any atom is -0.481 e. The highest BCUT2D eigenvalue weighted by Crippen LogP contribution is 2.49. The number of nitrogens with zero attached hydrogens (tertiary/aromatic N) is 2. The Bertz CT molecular complexity index is 1620. The van der Waals surface area contributed by atoms with Crippen LogP contribution in [-0.2, 0) is 5.60 Å². The molecule has 5 rings (SSSR count). The summed E-state index contributed by atoms with van der Waals surface area (Å²) in [5.74, 6) is -0.0564. The van der Waals surface area contributed by atoms with Crippen LogP contribution in [0.3, 0.4) is 0 Å². The van der Waals surface area contributed by atoms with Crippen molar-refractivity contribution in [3.8, 4) is 17.0 Å². The molecule has 0 radical (unpaired) electrons. The summed E-state index contributed by atoms with van der Waals surface area (Å²) in [5.41, 5.74) is 2.88. The van der Waals surface area contributed by atoms with Crippen LogP contribution in [0.4, 0.5) is 0 Å². The zero-order chi connectivity index (χ0) is 28.3. The van der Waals surface area contributed by atoms with Gasteiger partial charge in [-0.15, -0.1) is 0 Å². The fraction of sp³-hybridized carbons (Fsp3) is 0.206. The molecule has 4 aromatic carbocycles. The second-order valence-corrected chi connectivity index (χ2v) is 11.1. The van der Waals surface area contributed by atoms with Crippen molar-refractivity contribution in [3.63, 3.8) is 0 Å². The normalized spacial score (nSPS) is 13.8. The zero-order valence-electron chi connectivity index (χ0n) is 22.8. The number of pyridine rings is 1. The Kier molecular flexibility index (Phi) is 8.43. The number of hydrogen-bond acceptors (Lipinski definition) is 4. The first-order chi connectivity index (χ1) is 19.3. The number of aromatic nitrogens is 1. The Hall–Kier alpha value is -3.41. The van der Waals surface area contributed by atoms with Gasteiger partial charge in [0.25, 0.3) is 0 Å². The lowest BCUT2D eigenvalue weighted by atomic mass is 9.70. The maximum atomic E-state index is 13.1. The summed E-state index contributed by atoms with van der Waals surface area (Å²) < 4.78 is 5.85. The van der Waals surface area contributed by atoms with E-state index >= 15 is 0 Å². The molecule has 4 nitrogen and oxygen atoms in total. The Morgan fingerprint density at radius 2 is 1.62 bits per heavy atom. The maximum absolute atomic E-state index is 13.1. The van der Waals surface area contributed by atoms with Crippen LogP contribution in [-0.4, -0.2) is 42.7 Å². The van der Waals surface area contributed by atoms with Crippen LogP contribution in [0.25, 0.3) is 21.9 Å². The SMILES string of the molecule is COc1ncc(-c2ccc(Cl)cc2Cl)cc1C(c1ccccc1)C(O)(CCN(C)C)c1cccc2ccccc12. The number of ether oxygens (including phenoxy) is 1. The largest absolute Gasteiger partial charge is 0.481 e. The van der Waals surface area contributed by atoms with Crippen LogP contribution in [0, 0.1) is 0 Å². The molecule has 0 aliphatic heterocycles. The van der Waals surface area contributed by atoms with E-state index in [1.54, 1.807) is 19.4 Å². The lowest BCUT2D eigenvalue weighted by Crippen LogP contribution is -2.38. The number of rotatable bonds is 9. The molecule has 0 fully saturated rings. The molecule has 0 spiro atoms. The second kappa shape index (κ2) is 12.0. The van der Waals surface area contributed by atoms with Gasteiger partial charge < -0.3 is 14.7 Å². The molecule has 204 valence electrons. The van der Waals surface area contributed by atoms with Gasteiger partial charge in [-0.3, -0.25) is 0 Å². The topological polar surface area (TPSA) is 45.6 Å². The van der Waals surface area contributed by atoms with Crippen LogP contribution < -0.4 is 4.74 Å². The molecule has 0 aliphatic carbocycles. The van der Waals surface area contributed by atoms with E-state index in [1.807, 2.05) is 74.8 Å². The van der Waals surface area contributed by atoms with E-state index in [-0.39, 0.29) is 0 Å². The van der Waals surface area contributed by atoms with Crippen molar-refractivity contribution < 1.29 is 9.84 Å². The third-order valence-corrected chi connectivity index (χ3v) is 7.98. The van der Waals surface area contributed by atoms with Crippen molar-refractivity contribution in [3.05, 3.63) is 130 Å². The summed E-state index contributed by atoms with van der Waals surface area (Å²) in [6, 6.07) is 31.9. The van der Waals surface area contributed by atoms with E-state index in [0.717, 1.165) is 38.6 Å². The van der Waals surface area contributed by atoms with Crippen LogP contribution in [0.5, 0.6) is 5.88 Å². The number of benzene rings is 4. The van der Waals surface area contributed by atoms with E-state index in [2.05, 4.69) is 35.2 Å². The third kappa shape index (κ3) is 5.59. The molecule has 2 unspecified atom stereocenters. The second-order valence-electron chi connectivity index (χ2n) is 10.3. The minimum atomic E-state index is -1.32. The minimum absolute atomic E-state index is 0.450. The summed E-state index contributed by atoms with van der Waals surface area (Å²) in [5, 5.41) is 16.3. The van der Waals surface area contributed by atoms with Crippen LogP contribution in [0.1, 0.15) is 29.0 Å². The molecule has 5 aromatic rings. The quantitative estimate of drug-likeness (QED) is 0.194. The molecule has 2 atom stereocenters. The number of aliphatic hydroxyl groups is 1. The Labute approximate surface area is 245 Å².